The van der Waals surface area contributed by atoms with Crippen molar-refractivity contribution < 1.29 is 19.1 Å². The molecule has 0 bridgehead atoms. The van der Waals surface area contributed by atoms with Crippen LogP contribution in [0.5, 0.6) is 11.5 Å². The van der Waals surface area contributed by atoms with E-state index >= 15 is 0 Å². The van der Waals surface area contributed by atoms with Gasteiger partial charge in [0.1, 0.15) is 11.5 Å². The first kappa shape index (κ1) is 23.7. The molecule has 0 saturated carbocycles. The molecule has 7 nitrogen and oxygen atoms in total. The topological polar surface area (TPSA) is 88.7 Å². The van der Waals surface area contributed by atoms with Crippen LogP contribution in [-0.2, 0) is 4.79 Å². The van der Waals surface area contributed by atoms with Crippen molar-refractivity contribution in [3.05, 3.63) is 58.1 Å². The Kier molecular flexibility index (Phi) is 8.71. The molecule has 2 amide bonds. The van der Waals surface area contributed by atoms with Crippen molar-refractivity contribution in [1.82, 2.24) is 16.2 Å². The highest BCUT2D eigenvalue weighted by Crippen LogP contribution is 2.28. The number of thiocarbonyl (C=S) groups is 1. The van der Waals surface area contributed by atoms with Crippen molar-refractivity contribution in [3.63, 3.8) is 0 Å². The van der Waals surface area contributed by atoms with E-state index in [4.69, 9.17) is 44.9 Å². The third kappa shape index (κ3) is 7.37. The van der Waals surface area contributed by atoms with Gasteiger partial charge in [0, 0.05) is 10.6 Å². The number of hydrogen-bond acceptors (Lipinski definition) is 5. The van der Waals surface area contributed by atoms with Crippen molar-refractivity contribution in [3.8, 4) is 11.5 Å². The summed E-state index contributed by atoms with van der Waals surface area (Å²) in [5.41, 5.74) is 5.20. The molecule has 30 heavy (non-hydrogen) atoms. The molecule has 0 spiro atoms. The summed E-state index contributed by atoms with van der Waals surface area (Å²) in [5.74, 6) is 0.0108. The lowest BCUT2D eigenvalue weighted by atomic mass is 10.2. The van der Waals surface area contributed by atoms with Gasteiger partial charge in [-0.05, 0) is 75.5 Å². The summed E-state index contributed by atoms with van der Waals surface area (Å²) in [5, 5.41) is 3.12. The first-order valence-corrected chi connectivity index (χ1v) is 10.1. The van der Waals surface area contributed by atoms with Gasteiger partial charge in [0.25, 0.3) is 11.8 Å². The monoisotopic (exact) mass is 469 g/mol. The smallest absolute Gasteiger partial charge is 0.279 e. The lowest BCUT2D eigenvalue weighted by Crippen LogP contribution is -2.51. The third-order valence-corrected chi connectivity index (χ3v) is 4.32. The lowest BCUT2D eigenvalue weighted by molar-refractivity contribution is -0.127. The normalized spacial score (nSPS) is 11.4. The van der Waals surface area contributed by atoms with Crippen LogP contribution in [0.1, 0.15) is 31.1 Å². The first-order chi connectivity index (χ1) is 14.2. The number of benzene rings is 2. The molecule has 2 rings (SSSR count). The highest BCUT2D eigenvalue weighted by molar-refractivity contribution is 7.80. The quantitative estimate of drug-likeness (QED) is 0.439. The predicted octanol–water partition coefficient (Wildman–Crippen LogP) is 3.88. The largest absolute Gasteiger partial charge is 0.491 e. The average Bonchev–Trinajstić information content (AvgIpc) is 2.68. The van der Waals surface area contributed by atoms with E-state index < -0.39 is 17.9 Å². The van der Waals surface area contributed by atoms with Crippen molar-refractivity contribution in [2.75, 3.05) is 0 Å². The number of halogens is 2. The summed E-state index contributed by atoms with van der Waals surface area (Å²) in [7, 11) is 0. The lowest BCUT2D eigenvalue weighted by Gasteiger charge is -2.17. The van der Waals surface area contributed by atoms with E-state index in [2.05, 4.69) is 16.2 Å². The third-order valence-electron chi connectivity index (χ3n) is 3.58. The second-order valence-electron chi connectivity index (χ2n) is 6.42. The fourth-order valence-electron chi connectivity index (χ4n) is 2.20. The van der Waals surface area contributed by atoms with E-state index in [1.165, 1.54) is 13.0 Å². The van der Waals surface area contributed by atoms with Crippen LogP contribution in [-0.4, -0.2) is 29.1 Å². The minimum atomic E-state index is -0.886. The molecule has 0 aromatic heterocycles. The van der Waals surface area contributed by atoms with Crippen LogP contribution in [0.15, 0.2) is 42.5 Å². The Morgan fingerprint density at radius 1 is 0.967 bits per heavy atom. The number of carbonyl (C=O) groups excluding carboxylic acids is 2. The predicted molar refractivity (Wildman–Crippen MR) is 120 cm³/mol. The molecule has 0 aliphatic rings. The Morgan fingerprint density at radius 2 is 1.63 bits per heavy atom. The number of rotatable bonds is 6. The number of hydrogen-bond donors (Lipinski definition) is 3. The van der Waals surface area contributed by atoms with E-state index in [1.54, 1.807) is 36.4 Å². The molecule has 0 heterocycles. The Morgan fingerprint density at radius 3 is 2.23 bits per heavy atom. The SMILES string of the molecule is CC(C)Oc1ccc(C(=O)NC(=S)NNC(=O)C(C)Oc2ccc(Cl)cc2Cl)cc1. The molecule has 10 heteroatoms. The molecular formula is C20H21Cl2N3O4S. The van der Waals surface area contributed by atoms with Gasteiger partial charge in [-0.2, -0.15) is 0 Å². The molecule has 1 atom stereocenters. The van der Waals surface area contributed by atoms with Gasteiger partial charge in [-0.3, -0.25) is 25.8 Å². The number of nitrogens with one attached hydrogen (secondary N) is 3. The van der Waals surface area contributed by atoms with Crippen LogP contribution in [0.2, 0.25) is 10.0 Å². The highest BCUT2D eigenvalue weighted by Gasteiger charge is 2.17. The number of carbonyl (C=O) groups is 2. The molecule has 2 aromatic carbocycles. The zero-order valence-corrected chi connectivity index (χ0v) is 18.8. The van der Waals surface area contributed by atoms with Crippen LogP contribution in [0.4, 0.5) is 0 Å². The second-order valence-corrected chi connectivity index (χ2v) is 7.68. The van der Waals surface area contributed by atoms with Gasteiger partial charge in [-0.25, -0.2) is 0 Å². The van der Waals surface area contributed by atoms with E-state index in [1.807, 2.05) is 13.8 Å². The molecule has 2 aromatic rings. The molecule has 0 aliphatic heterocycles. The maximum atomic E-state index is 12.2. The van der Waals surface area contributed by atoms with E-state index in [0.717, 1.165) is 0 Å². The van der Waals surface area contributed by atoms with Gasteiger partial charge < -0.3 is 9.47 Å². The number of ether oxygens (including phenoxy) is 2. The number of amides is 2. The maximum Gasteiger partial charge on any atom is 0.279 e. The Bertz CT molecular complexity index is 923. The summed E-state index contributed by atoms with van der Waals surface area (Å²) < 4.78 is 11.0. The maximum absolute atomic E-state index is 12.2. The molecule has 0 aliphatic carbocycles. The summed E-state index contributed by atoms with van der Waals surface area (Å²) in [6.07, 6.45) is -0.852. The Balaban J connectivity index is 1.81. The van der Waals surface area contributed by atoms with Gasteiger partial charge in [-0.15, -0.1) is 0 Å². The minimum absolute atomic E-state index is 0.0344. The Labute approximate surface area is 190 Å². The fourth-order valence-corrected chi connectivity index (χ4v) is 2.80. The van der Waals surface area contributed by atoms with Crippen LogP contribution in [0.3, 0.4) is 0 Å². The van der Waals surface area contributed by atoms with Crippen molar-refractivity contribution in [1.29, 1.82) is 0 Å². The summed E-state index contributed by atoms with van der Waals surface area (Å²) in [4.78, 5) is 24.4. The summed E-state index contributed by atoms with van der Waals surface area (Å²) in [6.45, 7) is 5.36. The number of hydrazine groups is 1. The molecule has 1 unspecified atom stereocenters. The zero-order valence-electron chi connectivity index (χ0n) is 16.5. The summed E-state index contributed by atoms with van der Waals surface area (Å²) >= 11 is 16.9. The van der Waals surface area contributed by atoms with Crippen LogP contribution in [0.25, 0.3) is 0 Å². The van der Waals surface area contributed by atoms with Gasteiger partial charge >= 0.3 is 0 Å². The zero-order chi connectivity index (χ0) is 22.3. The van der Waals surface area contributed by atoms with Crippen molar-refractivity contribution in [2.45, 2.75) is 33.0 Å². The van der Waals surface area contributed by atoms with E-state index in [-0.39, 0.29) is 16.2 Å². The van der Waals surface area contributed by atoms with Crippen LogP contribution in [0, 0.1) is 0 Å². The fraction of sp³-hybridized carbons (Fsp3) is 0.250. The molecule has 0 radical (unpaired) electrons. The average molecular weight is 470 g/mol. The summed E-state index contributed by atoms with van der Waals surface area (Å²) in [6, 6.07) is 11.3. The minimum Gasteiger partial charge on any atom is -0.491 e. The van der Waals surface area contributed by atoms with Crippen molar-refractivity contribution >= 4 is 52.3 Å². The van der Waals surface area contributed by atoms with Gasteiger partial charge in [0.2, 0.25) is 0 Å². The van der Waals surface area contributed by atoms with Crippen molar-refractivity contribution in [2.24, 2.45) is 0 Å². The standard InChI is InChI=1S/C20H21Cl2N3O4S/c1-11(2)28-15-7-4-13(5-8-15)19(27)23-20(30)25-24-18(26)12(3)29-17-9-6-14(21)10-16(17)22/h4-12H,1-3H3,(H,24,26)(H2,23,25,27,30). The molecule has 3 N–H and O–H groups in total. The highest BCUT2D eigenvalue weighted by atomic mass is 35.5. The van der Waals surface area contributed by atoms with Gasteiger partial charge in [0.05, 0.1) is 11.1 Å². The molecule has 0 fully saturated rings. The van der Waals surface area contributed by atoms with Gasteiger partial charge in [-0.1, -0.05) is 23.2 Å². The van der Waals surface area contributed by atoms with Crippen LogP contribution < -0.4 is 25.6 Å². The van der Waals surface area contributed by atoms with Gasteiger partial charge in [0.15, 0.2) is 11.2 Å². The first-order valence-electron chi connectivity index (χ1n) is 8.95. The van der Waals surface area contributed by atoms with Crippen LogP contribution >= 0.6 is 35.4 Å². The molecular weight excluding hydrogens is 449 g/mol. The second kappa shape index (κ2) is 11.0. The Hall–Kier alpha value is -2.55. The molecule has 0 saturated heterocycles. The van der Waals surface area contributed by atoms with E-state index in [0.29, 0.717) is 22.1 Å². The molecule has 160 valence electrons. The van der Waals surface area contributed by atoms with E-state index in [9.17, 15) is 9.59 Å².